The highest BCUT2D eigenvalue weighted by Crippen LogP contribution is 2.05. The molecule has 1 aliphatic rings. The predicted octanol–water partition coefficient (Wildman–Crippen LogP) is 1.51. The molecule has 2 nitrogen and oxygen atoms in total. The van der Waals surface area contributed by atoms with Crippen LogP contribution < -0.4 is 0 Å². The molecular formula is C8H12N2. The van der Waals surface area contributed by atoms with Crippen LogP contribution in [-0.4, -0.2) is 18.0 Å². The summed E-state index contributed by atoms with van der Waals surface area (Å²) in [5, 5.41) is 8.21. The minimum Gasteiger partial charge on any atom is -0.378 e. The van der Waals surface area contributed by atoms with Gasteiger partial charge in [0.2, 0.25) is 0 Å². The molecule has 2 heteroatoms. The van der Waals surface area contributed by atoms with Crippen LogP contribution >= 0.6 is 0 Å². The largest absolute Gasteiger partial charge is 0.378 e. The first-order valence-electron chi connectivity index (χ1n) is 3.71. The normalized spacial score (nSPS) is 16.9. The predicted molar refractivity (Wildman–Crippen MR) is 40.2 cm³/mol. The number of likely N-dealkylation sites (tertiary alicyclic amines) is 1. The average Bonchev–Trinajstić information content (AvgIpc) is 1.84. The third-order valence-corrected chi connectivity index (χ3v) is 1.63. The Labute approximate surface area is 61.8 Å². The fraction of sp³-hybridized carbons (Fsp3) is 0.625. The van der Waals surface area contributed by atoms with Crippen molar-refractivity contribution in [3.05, 3.63) is 12.3 Å². The van der Waals surface area contributed by atoms with Crippen molar-refractivity contribution in [2.75, 3.05) is 13.1 Å². The minimum atomic E-state index is 0.643. The van der Waals surface area contributed by atoms with Gasteiger partial charge in [-0.25, -0.2) is 0 Å². The smallest absolute Gasteiger partial charge is 0.0625 e. The second-order valence-corrected chi connectivity index (χ2v) is 2.47. The maximum absolute atomic E-state index is 8.21. The number of allylic oxidation sites excluding steroid dienone is 1. The molecule has 1 aliphatic heterocycles. The van der Waals surface area contributed by atoms with E-state index in [9.17, 15) is 0 Å². The van der Waals surface area contributed by atoms with Crippen molar-refractivity contribution in [1.29, 1.82) is 5.26 Å². The summed E-state index contributed by atoms with van der Waals surface area (Å²) in [7, 11) is 0. The molecular weight excluding hydrogens is 124 g/mol. The Morgan fingerprint density at radius 1 is 1.50 bits per heavy atom. The van der Waals surface area contributed by atoms with E-state index in [4.69, 9.17) is 5.26 Å². The second kappa shape index (κ2) is 3.94. The van der Waals surface area contributed by atoms with Gasteiger partial charge in [-0.15, -0.1) is 0 Å². The van der Waals surface area contributed by atoms with E-state index in [1.165, 1.54) is 19.5 Å². The molecule has 1 fully saturated rings. The zero-order chi connectivity index (χ0) is 7.23. The molecule has 0 atom stereocenters. The summed E-state index contributed by atoms with van der Waals surface area (Å²) < 4.78 is 0. The highest BCUT2D eigenvalue weighted by atomic mass is 15.1. The number of hydrogen-bond donors (Lipinski definition) is 0. The monoisotopic (exact) mass is 136 g/mol. The van der Waals surface area contributed by atoms with Crippen LogP contribution in [0.25, 0.3) is 0 Å². The molecule has 0 unspecified atom stereocenters. The van der Waals surface area contributed by atoms with Gasteiger partial charge in [0.25, 0.3) is 0 Å². The van der Waals surface area contributed by atoms with E-state index in [0.29, 0.717) is 6.42 Å². The Kier molecular flexibility index (Phi) is 2.82. The minimum absolute atomic E-state index is 0.643. The van der Waals surface area contributed by atoms with Crippen molar-refractivity contribution in [3.63, 3.8) is 0 Å². The van der Waals surface area contributed by atoms with Gasteiger partial charge in [0.1, 0.15) is 0 Å². The molecule has 54 valence electrons. The topological polar surface area (TPSA) is 27.0 Å². The fourth-order valence-corrected chi connectivity index (χ4v) is 0.861. The molecule has 0 N–H and O–H groups in total. The molecule has 1 rings (SSSR count). The highest BCUT2D eigenvalue weighted by molar-refractivity contribution is 4.88. The summed E-state index contributed by atoms with van der Waals surface area (Å²) in [6.07, 6.45) is 7.03. The lowest BCUT2D eigenvalue weighted by Crippen LogP contribution is -2.31. The zero-order valence-electron chi connectivity index (χ0n) is 6.08. The summed E-state index contributed by atoms with van der Waals surface area (Å²) in [6, 6.07) is 2.11. The van der Waals surface area contributed by atoms with Crippen molar-refractivity contribution < 1.29 is 0 Å². The maximum atomic E-state index is 8.21. The van der Waals surface area contributed by atoms with Crippen LogP contribution in [0.4, 0.5) is 0 Å². The van der Waals surface area contributed by atoms with E-state index in [1.807, 2.05) is 0 Å². The summed E-state index contributed by atoms with van der Waals surface area (Å²) >= 11 is 0. The molecule has 0 aromatic carbocycles. The number of hydrogen-bond acceptors (Lipinski definition) is 2. The van der Waals surface area contributed by atoms with Crippen LogP contribution in [0.3, 0.4) is 0 Å². The molecule has 1 saturated heterocycles. The lowest BCUT2D eigenvalue weighted by atomic mass is 10.2. The van der Waals surface area contributed by atoms with Gasteiger partial charge >= 0.3 is 0 Å². The Bertz CT molecular complexity index is 151. The lowest BCUT2D eigenvalue weighted by molar-refractivity contribution is 0.263. The Morgan fingerprint density at radius 2 is 2.30 bits per heavy atom. The van der Waals surface area contributed by atoms with E-state index in [2.05, 4.69) is 23.2 Å². The standard InChI is InChI=1S/C8H12N2/c9-5-2-1-3-6-10-7-4-8-10/h3,6H,1-2,4,7-8H2. The van der Waals surface area contributed by atoms with E-state index in [0.717, 1.165) is 6.42 Å². The second-order valence-electron chi connectivity index (χ2n) is 2.47. The van der Waals surface area contributed by atoms with Crippen molar-refractivity contribution >= 4 is 0 Å². The van der Waals surface area contributed by atoms with Gasteiger partial charge in [-0.2, -0.15) is 5.26 Å². The fourth-order valence-electron chi connectivity index (χ4n) is 0.861. The van der Waals surface area contributed by atoms with Crippen molar-refractivity contribution in [1.82, 2.24) is 4.90 Å². The summed E-state index contributed by atoms with van der Waals surface area (Å²) in [4.78, 5) is 2.26. The Balaban J connectivity index is 2.00. The third kappa shape index (κ3) is 2.10. The number of nitriles is 1. The zero-order valence-corrected chi connectivity index (χ0v) is 6.08. The molecule has 10 heavy (non-hydrogen) atoms. The molecule has 0 spiro atoms. The van der Waals surface area contributed by atoms with Crippen LogP contribution in [0.5, 0.6) is 0 Å². The van der Waals surface area contributed by atoms with Crippen LogP contribution in [-0.2, 0) is 0 Å². The lowest BCUT2D eigenvalue weighted by Gasteiger charge is -2.29. The van der Waals surface area contributed by atoms with Gasteiger partial charge in [-0.05, 0) is 19.0 Å². The molecule has 0 aromatic heterocycles. The highest BCUT2D eigenvalue weighted by Gasteiger charge is 2.06. The van der Waals surface area contributed by atoms with Crippen molar-refractivity contribution in [3.8, 4) is 6.07 Å². The molecule has 0 aromatic rings. The van der Waals surface area contributed by atoms with Crippen LogP contribution in [0, 0.1) is 11.3 Å². The molecule has 0 bridgehead atoms. The summed E-state index contributed by atoms with van der Waals surface area (Å²) in [5.74, 6) is 0. The SMILES string of the molecule is N#CCCC=CN1CCC1. The van der Waals surface area contributed by atoms with Gasteiger partial charge in [0.05, 0.1) is 6.07 Å². The summed E-state index contributed by atoms with van der Waals surface area (Å²) in [6.45, 7) is 2.39. The first kappa shape index (κ1) is 7.14. The Morgan fingerprint density at radius 3 is 2.80 bits per heavy atom. The van der Waals surface area contributed by atoms with Gasteiger partial charge < -0.3 is 4.90 Å². The molecule has 0 amide bonds. The van der Waals surface area contributed by atoms with Crippen LogP contribution in [0.1, 0.15) is 19.3 Å². The molecule has 0 aliphatic carbocycles. The first-order chi connectivity index (χ1) is 4.93. The molecule has 0 saturated carbocycles. The number of rotatable bonds is 3. The first-order valence-corrected chi connectivity index (χ1v) is 3.71. The van der Waals surface area contributed by atoms with Gasteiger partial charge in [0.15, 0.2) is 0 Å². The van der Waals surface area contributed by atoms with Gasteiger partial charge in [-0.3, -0.25) is 0 Å². The summed E-state index contributed by atoms with van der Waals surface area (Å²) in [5.41, 5.74) is 0. The van der Waals surface area contributed by atoms with Crippen molar-refractivity contribution in [2.45, 2.75) is 19.3 Å². The van der Waals surface area contributed by atoms with Crippen LogP contribution in [0.15, 0.2) is 12.3 Å². The van der Waals surface area contributed by atoms with Crippen LogP contribution in [0.2, 0.25) is 0 Å². The Hall–Kier alpha value is -0.970. The van der Waals surface area contributed by atoms with E-state index < -0.39 is 0 Å². The number of nitrogens with zero attached hydrogens (tertiary/aromatic N) is 2. The molecule has 0 radical (unpaired) electrons. The molecule has 1 heterocycles. The van der Waals surface area contributed by atoms with E-state index in [1.54, 1.807) is 0 Å². The average molecular weight is 136 g/mol. The number of unbranched alkanes of at least 4 members (excludes halogenated alkanes) is 1. The third-order valence-electron chi connectivity index (χ3n) is 1.63. The van der Waals surface area contributed by atoms with Crippen molar-refractivity contribution in [2.24, 2.45) is 0 Å². The van der Waals surface area contributed by atoms with Gasteiger partial charge in [-0.1, -0.05) is 6.08 Å². The van der Waals surface area contributed by atoms with Gasteiger partial charge in [0, 0.05) is 19.5 Å². The van der Waals surface area contributed by atoms with E-state index >= 15 is 0 Å². The van der Waals surface area contributed by atoms with E-state index in [-0.39, 0.29) is 0 Å². The maximum Gasteiger partial charge on any atom is 0.0625 e. The quantitative estimate of drug-likeness (QED) is 0.550.